The quantitative estimate of drug-likeness (QED) is 0.242. The number of aromatic hydroxyl groups is 1. The number of nitrogens with zero attached hydrogens (tertiary/aromatic N) is 6. The van der Waals surface area contributed by atoms with E-state index in [0.29, 0.717) is 24.2 Å². The third-order valence-electron chi connectivity index (χ3n) is 9.76. The fourth-order valence-electron chi connectivity index (χ4n) is 7.38. The lowest BCUT2D eigenvalue weighted by Crippen LogP contribution is -2.66. The maximum absolute atomic E-state index is 17.4. The molecule has 2 aromatic carbocycles. The SMILES string of the molecule is C=CC(=O)N1CC2C(=O)N(CCCN(C)C)c3c(c4cc(F)c(-c5c(O)cccc5F)c(F)c4n(-c4c(C)ccnc4C(C)C)c3=O)N2CC1C. The molecule has 2 aromatic heterocycles. The number of hydrogen-bond donors (Lipinski definition) is 1. The number of fused-ring (bicyclic) bond motifs is 5. The van der Waals surface area contributed by atoms with Gasteiger partial charge in [0.2, 0.25) is 5.91 Å². The molecule has 2 aliphatic heterocycles. The largest absolute Gasteiger partial charge is 0.507 e. The molecule has 10 nitrogen and oxygen atoms in total. The molecule has 0 aliphatic carbocycles. The number of aryl methyl sites for hydroxylation is 1. The van der Waals surface area contributed by atoms with E-state index in [2.05, 4.69) is 11.6 Å². The van der Waals surface area contributed by atoms with Crippen molar-refractivity contribution in [2.45, 2.75) is 52.1 Å². The molecule has 4 heterocycles. The van der Waals surface area contributed by atoms with Crippen molar-refractivity contribution in [3.05, 3.63) is 88.2 Å². The number of phenolic OH excluding ortho intramolecular Hbond substituents is 1. The molecule has 0 bridgehead atoms. The summed E-state index contributed by atoms with van der Waals surface area (Å²) in [6.45, 7) is 11.5. The summed E-state index contributed by atoms with van der Waals surface area (Å²) in [5.41, 5.74) is -1.33. The first kappa shape index (κ1) is 35.6. The molecule has 0 saturated carbocycles. The molecule has 1 N–H and O–H groups in total. The van der Waals surface area contributed by atoms with Crippen LogP contribution >= 0.6 is 0 Å². The van der Waals surface area contributed by atoms with Crippen LogP contribution in [0, 0.1) is 24.4 Å². The lowest BCUT2D eigenvalue weighted by molar-refractivity contribution is -0.130. The van der Waals surface area contributed by atoms with Crippen LogP contribution in [0.2, 0.25) is 0 Å². The van der Waals surface area contributed by atoms with Gasteiger partial charge in [-0.1, -0.05) is 26.5 Å². The number of benzene rings is 2. The molecule has 0 spiro atoms. The average molecular weight is 703 g/mol. The zero-order valence-corrected chi connectivity index (χ0v) is 29.5. The van der Waals surface area contributed by atoms with Crippen molar-refractivity contribution < 1.29 is 27.9 Å². The Labute approximate surface area is 294 Å². The van der Waals surface area contributed by atoms with Crippen LogP contribution in [0.3, 0.4) is 0 Å². The number of aromatic nitrogens is 2. The Kier molecular flexibility index (Phi) is 9.45. The standard InChI is InChI=1S/C38H41F3N6O4/c1-8-28(49)45-19-26-37(50)44(16-10-15-43(6)7)36-35(46(26)18-22(45)5)23-17-25(40)30(29-24(39)11-9-12-27(29)48)31(41)34(23)47(38(36)51)33-21(4)13-14-42-32(33)20(2)3/h8-9,11-14,17,20,22,26,48H,1,10,15-16,18-19H2,2-7H3. The van der Waals surface area contributed by atoms with Gasteiger partial charge in [-0.3, -0.25) is 23.9 Å². The topological polar surface area (TPSA) is 102 Å². The van der Waals surface area contributed by atoms with E-state index in [0.717, 1.165) is 22.8 Å². The highest BCUT2D eigenvalue weighted by molar-refractivity contribution is 6.13. The smallest absolute Gasteiger partial charge is 0.281 e. The second kappa shape index (κ2) is 13.5. The number of carbonyl (C=O) groups is 2. The minimum Gasteiger partial charge on any atom is -0.507 e. The van der Waals surface area contributed by atoms with Crippen molar-refractivity contribution in [3.63, 3.8) is 0 Å². The Bertz CT molecular complexity index is 2130. The number of pyridine rings is 2. The van der Waals surface area contributed by atoms with Gasteiger partial charge in [0.05, 0.1) is 40.3 Å². The molecule has 2 unspecified atom stereocenters. The van der Waals surface area contributed by atoms with Gasteiger partial charge in [-0.05, 0) is 82.7 Å². The molecule has 4 aromatic rings. The number of anilines is 2. The number of rotatable bonds is 8. The minimum absolute atomic E-state index is 0.0389. The molecule has 0 radical (unpaired) electrons. The minimum atomic E-state index is -1.27. The number of carbonyl (C=O) groups excluding carboxylic acids is 2. The Balaban J connectivity index is 1.79. The van der Waals surface area contributed by atoms with Gasteiger partial charge in [0.25, 0.3) is 11.5 Å². The van der Waals surface area contributed by atoms with E-state index in [1.807, 2.05) is 32.8 Å². The molecule has 6 rings (SSSR count). The highest BCUT2D eigenvalue weighted by atomic mass is 19.1. The molecule has 13 heteroatoms. The molecule has 1 saturated heterocycles. The van der Waals surface area contributed by atoms with Crippen LogP contribution in [-0.4, -0.2) is 88.6 Å². The third kappa shape index (κ3) is 5.82. The average Bonchev–Trinajstić information content (AvgIpc) is 3.07. The molecule has 1 fully saturated rings. The maximum Gasteiger partial charge on any atom is 0.281 e. The van der Waals surface area contributed by atoms with Gasteiger partial charge >= 0.3 is 0 Å². The van der Waals surface area contributed by atoms with E-state index in [9.17, 15) is 14.7 Å². The van der Waals surface area contributed by atoms with Crippen molar-refractivity contribution in [1.82, 2.24) is 19.4 Å². The van der Waals surface area contributed by atoms with Gasteiger partial charge in [-0.25, -0.2) is 13.2 Å². The van der Waals surface area contributed by atoms with Gasteiger partial charge in [0.15, 0.2) is 5.82 Å². The summed E-state index contributed by atoms with van der Waals surface area (Å²) in [4.78, 5) is 53.7. The summed E-state index contributed by atoms with van der Waals surface area (Å²) in [6, 6.07) is 4.56. The highest BCUT2D eigenvalue weighted by Gasteiger charge is 2.47. The summed E-state index contributed by atoms with van der Waals surface area (Å²) in [5.74, 6) is -5.26. The monoisotopic (exact) mass is 702 g/mol. The Hall–Kier alpha value is -5.17. The van der Waals surface area contributed by atoms with Crippen molar-refractivity contribution >= 4 is 34.1 Å². The molecular formula is C38H41F3N6O4. The zero-order chi connectivity index (χ0) is 37.0. The van der Waals surface area contributed by atoms with E-state index < -0.39 is 57.9 Å². The third-order valence-corrected chi connectivity index (χ3v) is 9.76. The molecule has 268 valence electrons. The lowest BCUT2D eigenvalue weighted by atomic mass is 9.94. The molecule has 2 amide bonds. The first-order chi connectivity index (χ1) is 24.2. The van der Waals surface area contributed by atoms with Crippen LogP contribution in [0.5, 0.6) is 5.75 Å². The second-order valence-corrected chi connectivity index (χ2v) is 13.8. The highest BCUT2D eigenvalue weighted by Crippen LogP contribution is 2.46. The molecular weight excluding hydrogens is 661 g/mol. The molecule has 2 aliphatic rings. The van der Waals surface area contributed by atoms with Gasteiger partial charge in [0.1, 0.15) is 29.1 Å². The van der Waals surface area contributed by atoms with Crippen molar-refractivity contribution in [2.24, 2.45) is 0 Å². The number of hydrogen-bond acceptors (Lipinski definition) is 7. The first-order valence-corrected chi connectivity index (χ1v) is 16.9. The van der Waals surface area contributed by atoms with Gasteiger partial charge < -0.3 is 24.7 Å². The van der Waals surface area contributed by atoms with Gasteiger partial charge in [0, 0.05) is 30.7 Å². The Morgan fingerprint density at radius 1 is 1.08 bits per heavy atom. The van der Waals surface area contributed by atoms with Crippen LogP contribution in [0.25, 0.3) is 27.7 Å². The number of amides is 2. The van der Waals surface area contributed by atoms with E-state index in [1.54, 1.807) is 31.0 Å². The van der Waals surface area contributed by atoms with Crippen molar-refractivity contribution in [2.75, 3.05) is 50.1 Å². The van der Waals surface area contributed by atoms with Crippen molar-refractivity contribution in [1.29, 1.82) is 0 Å². The predicted molar refractivity (Wildman–Crippen MR) is 191 cm³/mol. The van der Waals surface area contributed by atoms with Crippen LogP contribution in [0.4, 0.5) is 24.5 Å². The zero-order valence-electron chi connectivity index (χ0n) is 29.5. The van der Waals surface area contributed by atoms with E-state index in [1.165, 1.54) is 21.9 Å². The fourth-order valence-corrected chi connectivity index (χ4v) is 7.38. The van der Waals surface area contributed by atoms with E-state index >= 15 is 18.0 Å². The normalized spacial score (nSPS) is 17.4. The van der Waals surface area contributed by atoms with Gasteiger partial charge in [-0.2, -0.15) is 0 Å². The Morgan fingerprint density at radius 3 is 2.45 bits per heavy atom. The summed E-state index contributed by atoms with van der Waals surface area (Å²) >= 11 is 0. The summed E-state index contributed by atoms with van der Waals surface area (Å²) in [6.07, 6.45) is 3.21. The second-order valence-electron chi connectivity index (χ2n) is 13.8. The van der Waals surface area contributed by atoms with Crippen LogP contribution in [-0.2, 0) is 9.59 Å². The summed E-state index contributed by atoms with van der Waals surface area (Å²) in [7, 11) is 3.76. The Morgan fingerprint density at radius 2 is 1.80 bits per heavy atom. The van der Waals surface area contributed by atoms with Gasteiger partial charge in [-0.15, -0.1) is 0 Å². The van der Waals surface area contributed by atoms with Crippen molar-refractivity contribution in [3.8, 4) is 22.6 Å². The number of phenols is 1. The lowest BCUT2D eigenvalue weighted by Gasteiger charge is -2.50. The van der Waals surface area contributed by atoms with E-state index in [-0.39, 0.29) is 59.4 Å². The molecule has 51 heavy (non-hydrogen) atoms. The fraction of sp³-hybridized carbons (Fsp3) is 0.368. The molecule has 2 atom stereocenters. The summed E-state index contributed by atoms with van der Waals surface area (Å²) < 4.78 is 50.4. The van der Waals surface area contributed by atoms with E-state index in [4.69, 9.17) is 0 Å². The van der Waals surface area contributed by atoms with Crippen LogP contribution < -0.4 is 15.4 Å². The maximum atomic E-state index is 17.4. The van der Waals surface area contributed by atoms with Crippen LogP contribution in [0.15, 0.2) is 54.0 Å². The summed E-state index contributed by atoms with van der Waals surface area (Å²) in [5, 5.41) is 10.6. The first-order valence-electron chi connectivity index (χ1n) is 16.9. The number of piperazine rings is 1. The number of halogens is 3. The predicted octanol–water partition coefficient (Wildman–Crippen LogP) is 5.50. The van der Waals surface area contributed by atoms with Crippen LogP contribution in [0.1, 0.15) is 44.4 Å².